The summed E-state index contributed by atoms with van der Waals surface area (Å²) in [5.41, 5.74) is 1.29. The van der Waals surface area contributed by atoms with Crippen LogP contribution in [0.4, 0.5) is 0 Å². The molecule has 2 atom stereocenters. The number of nitrogens with one attached hydrogen (secondary N) is 1. The highest BCUT2D eigenvalue weighted by Gasteiger charge is 2.26. The van der Waals surface area contributed by atoms with Gasteiger partial charge < -0.3 is 14.8 Å². The maximum Gasteiger partial charge on any atom is 0.119 e. The average molecular weight is 263 g/mol. The number of ether oxygens (including phenoxy) is 2. The number of methoxy groups -OCH3 is 1. The Balaban J connectivity index is 1.82. The summed E-state index contributed by atoms with van der Waals surface area (Å²) in [7, 11) is 1.81. The van der Waals surface area contributed by atoms with Crippen molar-refractivity contribution in [2.45, 2.75) is 57.9 Å². The van der Waals surface area contributed by atoms with Gasteiger partial charge in [-0.15, -0.1) is 0 Å². The van der Waals surface area contributed by atoms with E-state index in [0.717, 1.165) is 12.3 Å². The molecule has 0 spiro atoms. The highest BCUT2D eigenvalue weighted by atomic mass is 16.5. The summed E-state index contributed by atoms with van der Waals surface area (Å²) < 4.78 is 11.1. The van der Waals surface area contributed by atoms with Gasteiger partial charge in [-0.25, -0.2) is 0 Å². The predicted molar refractivity (Wildman–Crippen MR) is 77.5 cm³/mol. The third-order valence-electron chi connectivity index (χ3n) is 3.62. The van der Waals surface area contributed by atoms with Gasteiger partial charge in [0.2, 0.25) is 0 Å². The second-order valence-corrected chi connectivity index (χ2v) is 5.50. The molecule has 3 heteroatoms. The van der Waals surface area contributed by atoms with Crippen molar-refractivity contribution >= 4 is 0 Å². The van der Waals surface area contributed by atoms with E-state index >= 15 is 0 Å². The largest absolute Gasteiger partial charge is 0.491 e. The third kappa shape index (κ3) is 4.22. The van der Waals surface area contributed by atoms with Gasteiger partial charge in [0.15, 0.2) is 0 Å². The van der Waals surface area contributed by atoms with Crippen LogP contribution >= 0.6 is 0 Å². The second-order valence-electron chi connectivity index (χ2n) is 5.50. The van der Waals surface area contributed by atoms with Gasteiger partial charge in [-0.3, -0.25) is 0 Å². The van der Waals surface area contributed by atoms with Crippen molar-refractivity contribution in [2.75, 3.05) is 7.11 Å². The first-order valence-corrected chi connectivity index (χ1v) is 7.21. The molecule has 0 aliphatic heterocycles. The van der Waals surface area contributed by atoms with Crippen LogP contribution in [-0.2, 0) is 11.3 Å². The summed E-state index contributed by atoms with van der Waals surface area (Å²) in [4.78, 5) is 0. The van der Waals surface area contributed by atoms with E-state index in [9.17, 15) is 0 Å². The number of rotatable bonds is 6. The maximum atomic E-state index is 5.64. The lowest BCUT2D eigenvalue weighted by atomic mass is 10.1. The zero-order valence-electron chi connectivity index (χ0n) is 12.2. The molecule has 0 aromatic heterocycles. The summed E-state index contributed by atoms with van der Waals surface area (Å²) in [6, 6.07) is 8.83. The van der Waals surface area contributed by atoms with Gasteiger partial charge in [0.05, 0.1) is 12.2 Å². The molecule has 1 aliphatic rings. The van der Waals surface area contributed by atoms with E-state index in [-0.39, 0.29) is 6.10 Å². The quantitative estimate of drug-likeness (QED) is 0.855. The number of hydrogen-bond donors (Lipinski definition) is 1. The Morgan fingerprint density at radius 3 is 2.58 bits per heavy atom. The fourth-order valence-corrected chi connectivity index (χ4v) is 2.65. The van der Waals surface area contributed by atoms with Crippen LogP contribution in [0, 0.1) is 0 Å². The Morgan fingerprint density at radius 1 is 1.21 bits per heavy atom. The van der Waals surface area contributed by atoms with Gasteiger partial charge in [0.25, 0.3) is 0 Å². The molecule has 0 amide bonds. The molecule has 0 radical (unpaired) electrons. The fourth-order valence-electron chi connectivity index (χ4n) is 2.65. The van der Waals surface area contributed by atoms with Crippen molar-refractivity contribution in [1.82, 2.24) is 5.32 Å². The highest BCUT2D eigenvalue weighted by Crippen LogP contribution is 2.22. The lowest BCUT2D eigenvalue weighted by molar-refractivity contribution is 0.0847. The normalized spacial score (nSPS) is 22.9. The number of benzene rings is 1. The molecule has 0 bridgehead atoms. The van der Waals surface area contributed by atoms with Crippen LogP contribution < -0.4 is 10.1 Å². The van der Waals surface area contributed by atoms with E-state index < -0.39 is 0 Å². The minimum Gasteiger partial charge on any atom is -0.491 e. The molecule has 2 unspecified atom stereocenters. The summed E-state index contributed by atoms with van der Waals surface area (Å²) in [5.74, 6) is 0.939. The van der Waals surface area contributed by atoms with Crippen LogP contribution in [0.2, 0.25) is 0 Å². The SMILES string of the molecule is COC1CCCC1NCc1ccc(OC(C)C)cc1. The van der Waals surface area contributed by atoms with Crippen LogP contribution in [-0.4, -0.2) is 25.4 Å². The molecule has 1 aromatic rings. The van der Waals surface area contributed by atoms with Crippen LogP contribution in [0.3, 0.4) is 0 Å². The molecular formula is C16H25NO2. The van der Waals surface area contributed by atoms with Crippen LogP contribution in [0.5, 0.6) is 5.75 Å². The Bertz CT molecular complexity index is 375. The van der Waals surface area contributed by atoms with Crippen molar-refractivity contribution in [1.29, 1.82) is 0 Å². The van der Waals surface area contributed by atoms with E-state index in [1.165, 1.54) is 24.8 Å². The molecule has 106 valence electrons. The Hall–Kier alpha value is -1.06. The van der Waals surface area contributed by atoms with Crippen molar-refractivity contribution in [2.24, 2.45) is 0 Å². The smallest absolute Gasteiger partial charge is 0.119 e. The summed E-state index contributed by atoms with van der Waals surface area (Å²) >= 11 is 0. The highest BCUT2D eigenvalue weighted by molar-refractivity contribution is 5.27. The minimum absolute atomic E-state index is 0.227. The van der Waals surface area contributed by atoms with Crippen molar-refractivity contribution < 1.29 is 9.47 Å². The molecule has 3 nitrogen and oxygen atoms in total. The molecular weight excluding hydrogens is 238 g/mol. The molecule has 1 N–H and O–H groups in total. The minimum atomic E-state index is 0.227. The van der Waals surface area contributed by atoms with Gasteiger partial charge in [0, 0.05) is 19.7 Å². The molecule has 0 heterocycles. The van der Waals surface area contributed by atoms with Crippen molar-refractivity contribution in [3.63, 3.8) is 0 Å². The molecule has 1 fully saturated rings. The van der Waals surface area contributed by atoms with Gasteiger partial charge in [-0.2, -0.15) is 0 Å². The monoisotopic (exact) mass is 263 g/mol. The van der Waals surface area contributed by atoms with E-state index in [2.05, 4.69) is 17.4 Å². The molecule has 2 rings (SSSR count). The van der Waals surface area contributed by atoms with Crippen LogP contribution in [0.25, 0.3) is 0 Å². The Morgan fingerprint density at radius 2 is 1.95 bits per heavy atom. The third-order valence-corrected chi connectivity index (χ3v) is 3.62. The first-order chi connectivity index (χ1) is 9.19. The Labute approximate surface area is 116 Å². The molecule has 19 heavy (non-hydrogen) atoms. The summed E-state index contributed by atoms with van der Waals surface area (Å²) in [5, 5.41) is 3.59. The van der Waals surface area contributed by atoms with E-state index in [1.54, 1.807) is 0 Å². The molecule has 1 saturated carbocycles. The molecule has 1 aromatic carbocycles. The zero-order valence-corrected chi connectivity index (χ0v) is 12.2. The van der Waals surface area contributed by atoms with E-state index in [1.807, 2.05) is 33.1 Å². The summed E-state index contributed by atoms with van der Waals surface area (Å²) in [6.07, 6.45) is 4.26. The second kappa shape index (κ2) is 6.92. The lowest BCUT2D eigenvalue weighted by Gasteiger charge is -2.19. The van der Waals surface area contributed by atoms with Gasteiger partial charge in [-0.05, 0) is 50.8 Å². The van der Waals surface area contributed by atoms with Gasteiger partial charge in [0.1, 0.15) is 5.75 Å². The predicted octanol–water partition coefficient (Wildman–Crippen LogP) is 3.13. The Kier molecular flexibility index (Phi) is 5.23. The van der Waals surface area contributed by atoms with E-state index in [0.29, 0.717) is 12.1 Å². The van der Waals surface area contributed by atoms with Gasteiger partial charge in [-0.1, -0.05) is 12.1 Å². The van der Waals surface area contributed by atoms with Gasteiger partial charge >= 0.3 is 0 Å². The topological polar surface area (TPSA) is 30.5 Å². The molecule has 0 saturated heterocycles. The zero-order chi connectivity index (χ0) is 13.7. The van der Waals surface area contributed by atoms with E-state index in [4.69, 9.17) is 9.47 Å². The van der Waals surface area contributed by atoms with Crippen molar-refractivity contribution in [3.05, 3.63) is 29.8 Å². The average Bonchev–Trinajstić information content (AvgIpc) is 2.84. The fraction of sp³-hybridized carbons (Fsp3) is 0.625. The van der Waals surface area contributed by atoms with Crippen molar-refractivity contribution in [3.8, 4) is 5.75 Å². The number of hydrogen-bond acceptors (Lipinski definition) is 3. The van der Waals surface area contributed by atoms with Crippen LogP contribution in [0.1, 0.15) is 38.7 Å². The summed E-state index contributed by atoms with van der Waals surface area (Å²) in [6.45, 7) is 4.98. The maximum absolute atomic E-state index is 5.64. The lowest BCUT2D eigenvalue weighted by Crippen LogP contribution is -2.36. The first kappa shape index (κ1) is 14.4. The first-order valence-electron chi connectivity index (χ1n) is 7.21. The standard InChI is InChI=1S/C16H25NO2/c1-12(2)19-14-9-7-13(8-10-14)11-17-15-5-4-6-16(15)18-3/h7-10,12,15-17H,4-6,11H2,1-3H3. The van der Waals surface area contributed by atoms with Crippen LogP contribution in [0.15, 0.2) is 24.3 Å². The molecule has 1 aliphatic carbocycles.